The molecule has 1 N–H and O–H groups in total. The third kappa shape index (κ3) is 2.63. The molecule has 0 saturated heterocycles. The lowest BCUT2D eigenvalue weighted by Crippen LogP contribution is -2.20. The summed E-state index contributed by atoms with van der Waals surface area (Å²) in [7, 11) is 1.34. The first-order chi connectivity index (χ1) is 6.88. The monoisotopic (exact) mass is 284 g/mol. The first kappa shape index (κ1) is 12.3. The molecule has 0 amide bonds. The highest BCUT2D eigenvalue weighted by molar-refractivity contribution is 9.10. The molecule has 0 aliphatic carbocycles. The van der Waals surface area contributed by atoms with Crippen molar-refractivity contribution >= 4 is 15.9 Å². The molecular weight excluding hydrogens is 277 g/mol. The number of methoxy groups -OCH3 is 1. The van der Waals surface area contributed by atoms with Gasteiger partial charge in [-0.3, -0.25) is 0 Å². The Morgan fingerprint density at radius 1 is 1.40 bits per heavy atom. The molecule has 0 saturated carbocycles. The maximum Gasteiger partial charge on any atom is 0.418 e. The second-order valence-corrected chi connectivity index (χ2v) is 3.60. The van der Waals surface area contributed by atoms with Gasteiger partial charge < -0.3 is 9.84 Å². The maximum atomic E-state index is 12.2. The van der Waals surface area contributed by atoms with Gasteiger partial charge in [-0.1, -0.05) is 12.1 Å². The van der Waals surface area contributed by atoms with Crippen LogP contribution in [0.15, 0.2) is 22.7 Å². The molecule has 0 fully saturated rings. The normalized spacial score (nSPS) is 13.7. The summed E-state index contributed by atoms with van der Waals surface area (Å²) in [5.41, 5.74) is -0.262. The number of benzene rings is 1. The van der Waals surface area contributed by atoms with Crippen molar-refractivity contribution in [1.82, 2.24) is 0 Å². The molecule has 2 nitrogen and oxygen atoms in total. The maximum absolute atomic E-state index is 12.2. The van der Waals surface area contributed by atoms with Gasteiger partial charge >= 0.3 is 6.18 Å². The SMILES string of the molecule is COc1cccc([C@H](O)C(F)(F)F)c1Br. The number of hydrogen-bond donors (Lipinski definition) is 1. The number of aliphatic hydroxyl groups is 1. The van der Waals surface area contributed by atoms with Gasteiger partial charge in [-0.05, 0) is 22.0 Å². The Balaban J connectivity index is 3.15. The summed E-state index contributed by atoms with van der Waals surface area (Å²) in [6.45, 7) is 0. The first-order valence-corrected chi connectivity index (χ1v) is 4.74. The Labute approximate surface area is 92.8 Å². The molecule has 0 aromatic heterocycles. The van der Waals surface area contributed by atoms with Gasteiger partial charge in [-0.2, -0.15) is 13.2 Å². The van der Waals surface area contributed by atoms with E-state index in [0.29, 0.717) is 0 Å². The topological polar surface area (TPSA) is 29.5 Å². The highest BCUT2D eigenvalue weighted by Gasteiger charge is 2.40. The van der Waals surface area contributed by atoms with E-state index in [0.717, 1.165) is 0 Å². The minimum absolute atomic E-state index is 0.109. The number of aliphatic hydroxyl groups excluding tert-OH is 1. The Morgan fingerprint density at radius 2 is 2.00 bits per heavy atom. The summed E-state index contributed by atoms with van der Waals surface area (Å²) in [6.07, 6.45) is -7.20. The zero-order chi connectivity index (χ0) is 11.6. The van der Waals surface area contributed by atoms with Crippen LogP contribution in [0.1, 0.15) is 11.7 Å². The number of rotatable bonds is 2. The van der Waals surface area contributed by atoms with Crippen LogP contribution in [0.2, 0.25) is 0 Å². The van der Waals surface area contributed by atoms with E-state index >= 15 is 0 Å². The molecule has 1 aromatic carbocycles. The van der Waals surface area contributed by atoms with E-state index in [1.807, 2.05) is 0 Å². The van der Waals surface area contributed by atoms with Crippen molar-refractivity contribution in [3.63, 3.8) is 0 Å². The minimum Gasteiger partial charge on any atom is -0.496 e. The molecular formula is C9H8BrF3O2. The smallest absolute Gasteiger partial charge is 0.418 e. The van der Waals surface area contributed by atoms with Crippen LogP contribution in [0.4, 0.5) is 13.2 Å². The molecule has 1 aromatic rings. The van der Waals surface area contributed by atoms with E-state index in [-0.39, 0.29) is 15.8 Å². The number of hydrogen-bond acceptors (Lipinski definition) is 2. The van der Waals surface area contributed by atoms with Crippen molar-refractivity contribution in [2.24, 2.45) is 0 Å². The molecule has 1 rings (SSSR count). The van der Waals surface area contributed by atoms with E-state index in [4.69, 9.17) is 9.84 Å². The van der Waals surface area contributed by atoms with Gasteiger partial charge in [0.15, 0.2) is 6.10 Å². The molecule has 0 aliphatic heterocycles. The molecule has 0 heterocycles. The third-order valence-corrected chi connectivity index (χ3v) is 2.67. The Bertz CT molecular complexity index is 352. The zero-order valence-electron chi connectivity index (χ0n) is 7.68. The summed E-state index contributed by atoms with van der Waals surface area (Å²) < 4.78 is 41.6. The van der Waals surface area contributed by atoms with Crippen LogP contribution in [-0.2, 0) is 0 Å². The second kappa shape index (κ2) is 4.40. The van der Waals surface area contributed by atoms with Crippen LogP contribution in [0.25, 0.3) is 0 Å². The van der Waals surface area contributed by atoms with E-state index in [9.17, 15) is 13.2 Å². The quantitative estimate of drug-likeness (QED) is 0.905. The van der Waals surface area contributed by atoms with E-state index in [1.165, 1.54) is 25.3 Å². The van der Waals surface area contributed by atoms with Crippen LogP contribution in [0.5, 0.6) is 5.75 Å². The number of alkyl halides is 3. The predicted octanol–water partition coefficient (Wildman–Crippen LogP) is 3.05. The second-order valence-electron chi connectivity index (χ2n) is 2.81. The van der Waals surface area contributed by atoms with Gasteiger partial charge in [0, 0.05) is 5.56 Å². The van der Waals surface area contributed by atoms with Crippen LogP contribution in [0, 0.1) is 0 Å². The first-order valence-electron chi connectivity index (χ1n) is 3.95. The Hall–Kier alpha value is -0.750. The molecule has 84 valence electrons. The highest BCUT2D eigenvalue weighted by Crippen LogP contribution is 2.39. The summed E-state index contributed by atoms with van der Waals surface area (Å²) in [4.78, 5) is 0. The molecule has 0 bridgehead atoms. The lowest BCUT2D eigenvalue weighted by atomic mass is 10.1. The minimum atomic E-state index is -4.69. The van der Waals surface area contributed by atoms with Crippen LogP contribution >= 0.6 is 15.9 Å². The van der Waals surface area contributed by atoms with Gasteiger partial charge in [0.1, 0.15) is 5.75 Å². The molecule has 0 radical (unpaired) electrons. The highest BCUT2D eigenvalue weighted by atomic mass is 79.9. The fourth-order valence-corrected chi connectivity index (χ4v) is 1.72. The predicted molar refractivity (Wildman–Crippen MR) is 51.7 cm³/mol. The summed E-state index contributed by atoms with van der Waals surface area (Å²) in [6, 6.07) is 4.06. The van der Waals surface area contributed by atoms with Crippen molar-refractivity contribution in [3.05, 3.63) is 28.2 Å². The Kier molecular flexibility index (Phi) is 3.62. The standard InChI is InChI=1S/C9H8BrF3O2/c1-15-6-4-2-3-5(7(6)10)8(14)9(11,12)13/h2-4,8,14H,1H3/t8-/m0/s1. The number of ether oxygens (including phenoxy) is 1. The van der Waals surface area contributed by atoms with Crippen LogP contribution in [0.3, 0.4) is 0 Å². The lowest BCUT2D eigenvalue weighted by molar-refractivity contribution is -0.207. The van der Waals surface area contributed by atoms with Crippen LogP contribution in [-0.4, -0.2) is 18.4 Å². The summed E-state index contributed by atoms with van der Waals surface area (Å²) in [5, 5.41) is 9.05. The average Bonchev–Trinajstić information content (AvgIpc) is 2.16. The zero-order valence-corrected chi connectivity index (χ0v) is 9.26. The molecule has 0 aliphatic rings. The van der Waals surface area contributed by atoms with Crippen molar-refractivity contribution in [3.8, 4) is 5.75 Å². The Morgan fingerprint density at radius 3 is 2.47 bits per heavy atom. The van der Waals surface area contributed by atoms with Gasteiger partial charge in [0.25, 0.3) is 0 Å². The number of halogens is 4. The summed E-state index contributed by atoms with van der Waals surface area (Å²) in [5.74, 6) is 0.246. The largest absolute Gasteiger partial charge is 0.496 e. The average molecular weight is 285 g/mol. The van der Waals surface area contributed by atoms with Crippen molar-refractivity contribution in [2.45, 2.75) is 12.3 Å². The molecule has 15 heavy (non-hydrogen) atoms. The van der Waals surface area contributed by atoms with Gasteiger partial charge in [-0.15, -0.1) is 0 Å². The van der Waals surface area contributed by atoms with Gasteiger partial charge in [0.05, 0.1) is 11.6 Å². The lowest BCUT2D eigenvalue weighted by Gasteiger charge is -2.17. The fraction of sp³-hybridized carbons (Fsp3) is 0.333. The third-order valence-electron chi connectivity index (χ3n) is 1.82. The molecule has 0 unspecified atom stereocenters. The van der Waals surface area contributed by atoms with Gasteiger partial charge in [-0.25, -0.2) is 0 Å². The van der Waals surface area contributed by atoms with Crippen molar-refractivity contribution in [2.75, 3.05) is 7.11 Å². The van der Waals surface area contributed by atoms with E-state index in [1.54, 1.807) is 0 Å². The fourth-order valence-electron chi connectivity index (χ4n) is 1.07. The molecule has 6 heteroatoms. The van der Waals surface area contributed by atoms with Crippen molar-refractivity contribution in [1.29, 1.82) is 0 Å². The van der Waals surface area contributed by atoms with Crippen LogP contribution < -0.4 is 4.74 Å². The molecule has 0 spiro atoms. The van der Waals surface area contributed by atoms with Gasteiger partial charge in [0.2, 0.25) is 0 Å². The van der Waals surface area contributed by atoms with Crippen molar-refractivity contribution < 1.29 is 23.0 Å². The van der Waals surface area contributed by atoms with E-state index in [2.05, 4.69) is 15.9 Å². The molecule has 1 atom stereocenters. The summed E-state index contributed by atoms with van der Waals surface area (Å²) >= 11 is 2.95. The van der Waals surface area contributed by atoms with E-state index < -0.39 is 12.3 Å².